The average Bonchev–Trinajstić information content (AvgIpc) is 2.56. The topological polar surface area (TPSA) is 59.1 Å². The van der Waals surface area contributed by atoms with Gasteiger partial charge in [0.05, 0.1) is 11.7 Å². The summed E-state index contributed by atoms with van der Waals surface area (Å²) in [6, 6.07) is 3.75. The summed E-state index contributed by atoms with van der Waals surface area (Å²) in [6.07, 6.45) is -5.10. The maximum Gasteiger partial charge on any atom is 0.416 e. The van der Waals surface area contributed by atoms with Crippen LogP contribution in [0.5, 0.6) is 0 Å². The number of piperazine rings is 1. The van der Waals surface area contributed by atoms with Crippen LogP contribution >= 0.6 is 0 Å². The molecule has 1 fully saturated rings. The Kier molecular flexibility index (Phi) is 6.85. The second-order valence-corrected chi connectivity index (χ2v) is 6.64. The molecule has 0 aromatic heterocycles. The largest absolute Gasteiger partial charge is 0.416 e. The number of aliphatic hydroxyl groups is 1. The van der Waals surface area contributed by atoms with Gasteiger partial charge in [-0.3, -0.25) is 4.90 Å². The van der Waals surface area contributed by atoms with E-state index in [9.17, 15) is 23.1 Å². The molecule has 0 aliphatic carbocycles. The zero-order chi connectivity index (χ0) is 19.3. The molecule has 1 aliphatic rings. The van der Waals surface area contributed by atoms with Crippen molar-refractivity contribution < 1.29 is 23.1 Å². The van der Waals surface area contributed by atoms with E-state index in [0.717, 1.165) is 38.3 Å². The number of anilines is 1. The predicted octanol–water partition coefficient (Wildman–Crippen LogP) is 1.78. The molecule has 146 valence electrons. The Bertz CT molecular complexity index is 587. The molecule has 1 aromatic carbocycles. The number of nitrogens with one attached hydrogen (secondary N) is 1. The summed E-state index contributed by atoms with van der Waals surface area (Å²) in [7, 11) is 3.58. The van der Waals surface area contributed by atoms with Crippen LogP contribution in [0, 0.1) is 0 Å². The van der Waals surface area contributed by atoms with Crippen LogP contribution < -0.4 is 5.32 Å². The fraction of sp³-hybridized carbons (Fsp3) is 0.588. The van der Waals surface area contributed by atoms with Crippen molar-refractivity contribution in [3.63, 3.8) is 0 Å². The molecule has 2 rings (SSSR count). The number of carbonyl (C=O) groups excluding carboxylic acids is 1. The summed E-state index contributed by atoms with van der Waals surface area (Å²) in [5.74, 6) is 0. The van der Waals surface area contributed by atoms with Crippen molar-refractivity contribution in [3.05, 3.63) is 29.8 Å². The zero-order valence-electron chi connectivity index (χ0n) is 15.0. The molecule has 0 spiro atoms. The first kappa shape index (κ1) is 20.5. The highest BCUT2D eigenvalue weighted by atomic mass is 19.4. The van der Waals surface area contributed by atoms with E-state index in [-0.39, 0.29) is 12.2 Å². The summed E-state index contributed by atoms with van der Waals surface area (Å²) in [5.41, 5.74) is -0.505. The Balaban J connectivity index is 1.79. The molecular formula is C17H25F3N4O2. The predicted molar refractivity (Wildman–Crippen MR) is 93.0 cm³/mol. The summed E-state index contributed by atoms with van der Waals surface area (Å²) in [4.78, 5) is 17.8. The number of alkyl halides is 3. The minimum atomic E-state index is -4.41. The Morgan fingerprint density at radius 1 is 1.23 bits per heavy atom. The summed E-state index contributed by atoms with van der Waals surface area (Å²) in [6.45, 7) is 4.24. The number of carbonyl (C=O) groups is 1. The van der Waals surface area contributed by atoms with E-state index >= 15 is 0 Å². The standard InChI is InChI=1S/C17H25F3N4O2/c1-22-7-9-24(10-8-22)12-15(25)11-23(2)16(26)21-14-5-3-13(4-6-14)17(18,19)20/h3-6,15,25H,7-12H2,1-2H3,(H,21,26). The van der Waals surface area contributed by atoms with Crippen LogP contribution in [0.2, 0.25) is 0 Å². The minimum Gasteiger partial charge on any atom is -0.390 e. The molecule has 6 nitrogen and oxygen atoms in total. The first-order valence-electron chi connectivity index (χ1n) is 8.43. The van der Waals surface area contributed by atoms with Crippen molar-refractivity contribution in [2.75, 3.05) is 58.7 Å². The number of hydrogen-bond donors (Lipinski definition) is 2. The van der Waals surface area contributed by atoms with Crippen LogP contribution in [0.4, 0.5) is 23.7 Å². The average molecular weight is 374 g/mol. The van der Waals surface area contributed by atoms with Crippen LogP contribution in [0.1, 0.15) is 5.56 Å². The summed E-state index contributed by atoms with van der Waals surface area (Å²) < 4.78 is 37.6. The molecule has 1 aliphatic heterocycles. The number of benzene rings is 1. The number of likely N-dealkylation sites (N-methyl/N-ethyl adjacent to an activating group) is 2. The number of urea groups is 1. The maximum atomic E-state index is 12.5. The molecule has 1 heterocycles. The molecule has 0 saturated carbocycles. The molecule has 1 saturated heterocycles. The van der Waals surface area contributed by atoms with Crippen molar-refractivity contribution in [3.8, 4) is 0 Å². The number of amides is 2. The molecule has 26 heavy (non-hydrogen) atoms. The van der Waals surface area contributed by atoms with E-state index in [1.54, 1.807) is 0 Å². The van der Waals surface area contributed by atoms with Gasteiger partial charge >= 0.3 is 12.2 Å². The number of nitrogens with zero attached hydrogens (tertiary/aromatic N) is 3. The summed E-state index contributed by atoms with van der Waals surface area (Å²) in [5, 5.41) is 12.7. The second kappa shape index (κ2) is 8.70. The lowest BCUT2D eigenvalue weighted by molar-refractivity contribution is -0.137. The van der Waals surface area contributed by atoms with Gasteiger partial charge in [0, 0.05) is 52.0 Å². The van der Waals surface area contributed by atoms with Gasteiger partial charge in [-0.2, -0.15) is 13.2 Å². The highest BCUT2D eigenvalue weighted by molar-refractivity contribution is 5.89. The molecule has 2 N–H and O–H groups in total. The van der Waals surface area contributed by atoms with Gasteiger partial charge in [0.1, 0.15) is 0 Å². The quantitative estimate of drug-likeness (QED) is 0.825. The van der Waals surface area contributed by atoms with Gasteiger partial charge in [-0.15, -0.1) is 0 Å². The van der Waals surface area contributed by atoms with E-state index in [0.29, 0.717) is 6.54 Å². The third-order valence-electron chi connectivity index (χ3n) is 4.36. The number of aliphatic hydroxyl groups excluding tert-OH is 1. The highest BCUT2D eigenvalue weighted by Gasteiger charge is 2.30. The van der Waals surface area contributed by atoms with Gasteiger partial charge in [0.25, 0.3) is 0 Å². The van der Waals surface area contributed by atoms with Crippen molar-refractivity contribution in [1.82, 2.24) is 14.7 Å². The molecule has 0 bridgehead atoms. The SMILES string of the molecule is CN1CCN(CC(O)CN(C)C(=O)Nc2ccc(C(F)(F)F)cc2)CC1. The highest BCUT2D eigenvalue weighted by Crippen LogP contribution is 2.29. The van der Waals surface area contributed by atoms with E-state index < -0.39 is 23.9 Å². The van der Waals surface area contributed by atoms with E-state index in [1.807, 2.05) is 7.05 Å². The van der Waals surface area contributed by atoms with Crippen molar-refractivity contribution >= 4 is 11.7 Å². The normalized spacial score (nSPS) is 17.8. The zero-order valence-corrected chi connectivity index (χ0v) is 15.0. The Hall–Kier alpha value is -1.84. The maximum absolute atomic E-state index is 12.5. The van der Waals surface area contributed by atoms with Gasteiger partial charge in [-0.1, -0.05) is 0 Å². The molecule has 1 aromatic rings. The van der Waals surface area contributed by atoms with Crippen LogP contribution in [-0.4, -0.2) is 85.3 Å². The van der Waals surface area contributed by atoms with Crippen molar-refractivity contribution in [2.24, 2.45) is 0 Å². The van der Waals surface area contributed by atoms with Crippen LogP contribution in [0.15, 0.2) is 24.3 Å². The lowest BCUT2D eigenvalue weighted by Crippen LogP contribution is -2.49. The van der Waals surface area contributed by atoms with Crippen LogP contribution in [0.3, 0.4) is 0 Å². The summed E-state index contributed by atoms with van der Waals surface area (Å²) >= 11 is 0. The number of hydrogen-bond acceptors (Lipinski definition) is 4. The van der Waals surface area contributed by atoms with Crippen LogP contribution in [0.25, 0.3) is 0 Å². The third kappa shape index (κ3) is 6.15. The number of rotatable bonds is 5. The molecule has 1 atom stereocenters. The monoisotopic (exact) mass is 374 g/mol. The van der Waals surface area contributed by atoms with Gasteiger partial charge < -0.3 is 20.2 Å². The molecule has 2 amide bonds. The smallest absolute Gasteiger partial charge is 0.390 e. The van der Waals surface area contributed by atoms with E-state index in [1.165, 1.54) is 24.1 Å². The Morgan fingerprint density at radius 2 is 1.81 bits per heavy atom. The fourth-order valence-corrected chi connectivity index (χ4v) is 2.75. The van der Waals surface area contributed by atoms with Gasteiger partial charge in [-0.25, -0.2) is 4.79 Å². The van der Waals surface area contributed by atoms with Gasteiger partial charge in [-0.05, 0) is 31.3 Å². The molecule has 0 radical (unpaired) electrons. The Morgan fingerprint density at radius 3 is 2.35 bits per heavy atom. The molecule has 1 unspecified atom stereocenters. The lowest BCUT2D eigenvalue weighted by Gasteiger charge is -2.34. The first-order valence-corrected chi connectivity index (χ1v) is 8.43. The van der Waals surface area contributed by atoms with Gasteiger partial charge in [0.2, 0.25) is 0 Å². The number of halogens is 3. The molecule has 9 heteroatoms. The second-order valence-electron chi connectivity index (χ2n) is 6.64. The van der Waals surface area contributed by atoms with Crippen molar-refractivity contribution in [1.29, 1.82) is 0 Å². The van der Waals surface area contributed by atoms with E-state index in [4.69, 9.17) is 0 Å². The minimum absolute atomic E-state index is 0.138. The first-order chi connectivity index (χ1) is 12.1. The van der Waals surface area contributed by atoms with Crippen LogP contribution in [-0.2, 0) is 6.18 Å². The Labute approximate surface area is 151 Å². The van der Waals surface area contributed by atoms with Crippen molar-refractivity contribution in [2.45, 2.75) is 12.3 Å². The third-order valence-corrected chi connectivity index (χ3v) is 4.36. The molecular weight excluding hydrogens is 349 g/mol. The fourth-order valence-electron chi connectivity index (χ4n) is 2.75. The van der Waals surface area contributed by atoms with E-state index in [2.05, 4.69) is 15.1 Å². The van der Waals surface area contributed by atoms with Gasteiger partial charge in [0.15, 0.2) is 0 Å². The number of β-amino-alcohol motifs (C(OH)–C–C–N with tert-alkyl or cyclic N) is 1. The lowest BCUT2D eigenvalue weighted by atomic mass is 10.2.